The van der Waals surface area contributed by atoms with Crippen molar-refractivity contribution >= 4 is 0 Å². The molecule has 1 rings (SSSR count). The highest BCUT2D eigenvalue weighted by atomic mass is 16.5. The molecule has 132 valence electrons. The lowest BCUT2D eigenvalue weighted by atomic mass is 10.1. The van der Waals surface area contributed by atoms with Gasteiger partial charge in [-0.05, 0) is 32.4 Å². The van der Waals surface area contributed by atoms with Gasteiger partial charge >= 0.3 is 0 Å². The fraction of sp³-hybridized carbons (Fsp3) is 0.684. The SMILES string of the molecule is CCCCN(C[C@H](O)COCc1ccccc1OC)[C@H](C)CC. The van der Waals surface area contributed by atoms with Crippen LogP contribution in [0.15, 0.2) is 24.3 Å². The summed E-state index contributed by atoms with van der Waals surface area (Å²) in [4.78, 5) is 2.36. The number of methoxy groups -OCH3 is 1. The Labute approximate surface area is 141 Å². The van der Waals surface area contributed by atoms with Crippen LogP contribution in [0.25, 0.3) is 0 Å². The molecule has 1 aromatic rings. The number of rotatable bonds is 12. The molecule has 4 nitrogen and oxygen atoms in total. The minimum atomic E-state index is -0.462. The van der Waals surface area contributed by atoms with Gasteiger partial charge in [0.1, 0.15) is 5.75 Å². The number of unbranched alkanes of at least 4 members (excludes halogenated alkanes) is 1. The predicted molar refractivity (Wildman–Crippen MR) is 94.9 cm³/mol. The van der Waals surface area contributed by atoms with Gasteiger partial charge in [0.2, 0.25) is 0 Å². The van der Waals surface area contributed by atoms with E-state index in [0.717, 1.165) is 24.3 Å². The molecule has 23 heavy (non-hydrogen) atoms. The molecule has 0 aliphatic carbocycles. The van der Waals surface area contributed by atoms with Crippen molar-refractivity contribution in [2.45, 2.75) is 58.8 Å². The van der Waals surface area contributed by atoms with Gasteiger partial charge in [-0.3, -0.25) is 4.90 Å². The fourth-order valence-corrected chi connectivity index (χ4v) is 2.56. The molecule has 2 atom stereocenters. The number of ether oxygens (including phenoxy) is 2. The molecule has 4 heteroatoms. The van der Waals surface area contributed by atoms with Crippen molar-refractivity contribution in [2.24, 2.45) is 0 Å². The van der Waals surface area contributed by atoms with E-state index >= 15 is 0 Å². The van der Waals surface area contributed by atoms with Crippen LogP contribution in [0, 0.1) is 0 Å². The maximum absolute atomic E-state index is 10.3. The first-order chi connectivity index (χ1) is 11.1. The number of hydrogen-bond acceptors (Lipinski definition) is 4. The lowest BCUT2D eigenvalue weighted by Gasteiger charge is -2.30. The Morgan fingerprint density at radius 3 is 2.61 bits per heavy atom. The van der Waals surface area contributed by atoms with Crippen LogP contribution in [0.4, 0.5) is 0 Å². The average molecular weight is 323 g/mol. The largest absolute Gasteiger partial charge is 0.496 e. The first-order valence-corrected chi connectivity index (χ1v) is 8.74. The fourth-order valence-electron chi connectivity index (χ4n) is 2.56. The molecule has 0 saturated heterocycles. The predicted octanol–water partition coefficient (Wildman–Crippen LogP) is 3.47. The van der Waals surface area contributed by atoms with Crippen molar-refractivity contribution in [1.29, 1.82) is 0 Å². The highest BCUT2D eigenvalue weighted by Crippen LogP contribution is 2.18. The maximum atomic E-state index is 10.3. The molecule has 1 aromatic carbocycles. The third-order valence-corrected chi connectivity index (χ3v) is 4.22. The Morgan fingerprint density at radius 2 is 1.96 bits per heavy atom. The van der Waals surface area contributed by atoms with E-state index in [1.807, 2.05) is 24.3 Å². The molecular formula is C19H33NO3. The third-order valence-electron chi connectivity index (χ3n) is 4.22. The van der Waals surface area contributed by atoms with E-state index in [-0.39, 0.29) is 0 Å². The number of aliphatic hydroxyl groups excluding tert-OH is 1. The van der Waals surface area contributed by atoms with Gasteiger partial charge in [0.25, 0.3) is 0 Å². The van der Waals surface area contributed by atoms with Crippen LogP contribution in [0.2, 0.25) is 0 Å². The molecule has 0 amide bonds. The van der Waals surface area contributed by atoms with Gasteiger partial charge in [-0.2, -0.15) is 0 Å². The number of aliphatic hydroxyl groups is 1. The van der Waals surface area contributed by atoms with Gasteiger partial charge in [-0.25, -0.2) is 0 Å². The normalized spacial score (nSPS) is 14.0. The number of benzene rings is 1. The van der Waals surface area contributed by atoms with Crippen LogP contribution in [-0.2, 0) is 11.3 Å². The van der Waals surface area contributed by atoms with Crippen LogP contribution in [0.1, 0.15) is 45.6 Å². The quantitative estimate of drug-likeness (QED) is 0.639. The van der Waals surface area contributed by atoms with Crippen LogP contribution in [0.5, 0.6) is 5.75 Å². The summed E-state index contributed by atoms with van der Waals surface area (Å²) in [5.41, 5.74) is 1.01. The molecule has 0 aliphatic rings. The van der Waals surface area contributed by atoms with Crippen molar-refractivity contribution in [2.75, 3.05) is 26.8 Å². The molecule has 0 bridgehead atoms. The molecule has 0 radical (unpaired) electrons. The van der Waals surface area contributed by atoms with E-state index in [1.54, 1.807) is 7.11 Å². The summed E-state index contributed by atoms with van der Waals surface area (Å²) in [6.07, 6.45) is 2.97. The van der Waals surface area contributed by atoms with E-state index < -0.39 is 6.10 Å². The molecule has 0 aromatic heterocycles. The zero-order valence-electron chi connectivity index (χ0n) is 15.1. The Kier molecular flexibility index (Phi) is 9.92. The average Bonchev–Trinajstić information content (AvgIpc) is 2.58. The van der Waals surface area contributed by atoms with E-state index in [0.29, 0.717) is 25.8 Å². The standard InChI is InChI=1S/C19H33NO3/c1-5-7-12-20(16(3)6-2)13-18(21)15-23-14-17-10-8-9-11-19(17)22-4/h8-11,16,18,21H,5-7,12-15H2,1-4H3/t16-,18+/m1/s1. The molecule has 1 N–H and O–H groups in total. The maximum Gasteiger partial charge on any atom is 0.124 e. The second-order valence-electron chi connectivity index (χ2n) is 6.09. The lowest BCUT2D eigenvalue weighted by Crippen LogP contribution is -2.40. The molecule has 0 saturated carbocycles. The summed E-state index contributed by atoms with van der Waals surface area (Å²) in [6, 6.07) is 8.30. The first kappa shape index (κ1) is 19.9. The Balaban J connectivity index is 2.40. The van der Waals surface area contributed by atoms with Gasteiger partial charge in [0, 0.05) is 18.2 Å². The summed E-state index contributed by atoms with van der Waals surface area (Å²) < 4.78 is 11.0. The zero-order valence-corrected chi connectivity index (χ0v) is 15.1. The summed E-state index contributed by atoms with van der Waals surface area (Å²) in [5, 5.41) is 10.3. The monoisotopic (exact) mass is 323 g/mol. The number of para-hydroxylation sites is 1. The Morgan fingerprint density at radius 1 is 1.22 bits per heavy atom. The molecule has 0 fully saturated rings. The second-order valence-corrected chi connectivity index (χ2v) is 6.09. The van der Waals surface area contributed by atoms with Crippen LogP contribution >= 0.6 is 0 Å². The van der Waals surface area contributed by atoms with Gasteiger partial charge in [0.05, 0.1) is 26.4 Å². The Bertz CT molecular complexity index is 425. The second kappa shape index (κ2) is 11.4. The highest BCUT2D eigenvalue weighted by molar-refractivity contribution is 5.32. The van der Waals surface area contributed by atoms with Gasteiger partial charge in [-0.15, -0.1) is 0 Å². The van der Waals surface area contributed by atoms with Gasteiger partial charge < -0.3 is 14.6 Å². The smallest absolute Gasteiger partial charge is 0.124 e. The van der Waals surface area contributed by atoms with E-state index in [2.05, 4.69) is 25.7 Å². The van der Waals surface area contributed by atoms with Crippen molar-refractivity contribution < 1.29 is 14.6 Å². The topological polar surface area (TPSA) is 41.9 Å². The van der Waals surface area contributed by atoms with Crippen LogP contribution < -0.4 is 4.74 Å². The first-order valence-electron chi connectivity index (χ1n) is 8.74. The zero-order chi connectivity index (χ0) is 17.1. The van der Waals surface area contributed by atoms with Crippen molar-refractivity contribution in [3.05, 3.63) is 29.8 Å². The number of nitrogens with zero attached hydrogens (tertiary/aromatic N) is 1. The molecule has 0 heterocycles. The van der Waals surface area contributed by atoms with E-state index in [1.165, 1.54) is 12.8 Å². The van der Waals surface area contributed by atoms with Crippen molar-refractivity contribution in [3.8, 4) is 5.75 Å². The summed E-state index contributed by atoms with van der Waals surface area (Å²) in [7, 11) is 1.66. The van der Waals surface area contributed by atoms with E-state index in [9.17, 15) is 5.11 Å². The summed E-state index contributed by atoms with van der Waals surface area (Å²) in [5.74, 6) is 0.825. The third kappa shape index (κ3) is 7.34. The van der Waals surface area contributed by atoms with Crippen molar-refractivity contribution in [1.82, 2.24) is 4.90 Å². The van der Waals surface area contributed by atoms with Crippen LogP contribution in [0.3, 0.4) is 0 Å². The minimum absolute atomic E-state index is 0.344. The minimum Gasteiger partial charge on any atom is -0.496 e. The molecule has 0 unspecified atom stereocenters. The molecule has 0 aliphatic heterocycles. The van der Waals surface area contributed by atoms with Crippen LogP contribution in [-0.4, -0.2) is 49.0 Å². The molecule has 0 spiro atoms. The van der Waals surface area contributed by atoms with Gasteiger partial charge in [0.15, 0.2) is 0 Å². The highest BCUT2D eigenvalue weighted by Gasteiger charge is 2.16. The van der Waals surface area contributed by atoms with E-state index in [4.69, 9.17) is 9.47 Å². The summed E-state index contributed by atoms with van der Waals surface area (Å²) >= 11 is 0. The Hall–Kier alpha value is -1.10. The molecular weight excluding hydrogens is 290 g/mol. The van der Waals surface area contributed by atoms with Crippen molar-refractivity contribution in [3.63, 3.8) is 0 Å². The summed E-state index contributed by atoms with van der Waals surface area (Å²) in [6.45, 7) is 9.11. The van der Waals surface area contributed by atoms with Gasteiger partial charge in [-0.1, -0.05) is 38.5 Å². The lowest BCUT2D eigenvalue weighted by molar-refractivity contribution is 0.00259. The number of hydrogen-bond donors (Lipinski definition) is 1.